The molecule has 38 heavy (non-hydrogen) atoms. The second kappa shape index (κ2) is 10.4. The molecular weight excluding hydrogens is 495 g/mol. The first kappa shape index (κ1) is 25.6. The molecule has 0 saturated heterocycles. The van der Waals surface area contributed by atoms with Crippen LogP contribution in [0.4, 0.5) is 18.9 Å². The van der Waals surface area contributed by atoms with Gasteiger partial charge in [-0.1, -0.05) is 12.1 Å². The third kappa shape index (κ3) is 5.46. The number of halogens is 3. The maximum Gasteiger partial charge on any atom is 0.283 e. The van der Waals surface area contributed by atoms with Gasteiger partial charge in [-0.05, 0) is 47.0 Å². The number of rotatable bonds is 8. The number of imidazole rings is 1. The van der Waals surface area contributed by atoms with E-state index in [4.69, 9.17) is 0 Å². The van der Waals surface area contributed by atoms with Gasteiger partial charge in [-0.25, -0.2) is 18.2 Å². The number of ether oxygens (including phenoxy) is 1. The van der Waals surface area contributed by atoms with Crippen molar-refractivity contribution in [2.24, 2.45) is 7.05 Å². The topological polar surface area (TPSA) is 72.3 Å². The molecule has 1 amide bonds. The van der Waals surface area contributed by atoms with Gasteiger partial charge in [0.25, 0.3) is 5.92 Å². The average molecular weight is 522 g/mol. The summed E-state index contributed by atoms with van der Waals surface area (Å²) in [7, 11) is 3.11. The molecule has 5 rings (SSSR count). The molecule has 0 bridgehead atoms. The number of benzene rings is 2. The maximum atomic E-state index is 14.9. The van der Waals surface area contributed by atoms with E-state index >= 15 is 0 Å². The van der Waals surface area contributed by atoms with Gasteiger partial charge in [0.15, 0.2) is 0 Å². The summed E-state index contributed by atoms with van der Waals surface area (Å²) in [6, 6.07) is 10.8. The number of methoxy groups -OCH3 is 1. The SMILES string of the molecule is COCC(F)(F)CN1Cc2ccc(NC(=O)/C=C/c3cncc(F)c3-c3ccc4ncn(C)c4c3)cc2C1. The van der Waals surface area contributed by atoms with E-state index in [2.05, 4.69) is 20.0 Å². The molecule has 196 valence electrons. The third-order valence-electron chi connectivity index (χ3n) is 6.43. The zero-order valence-corrected chi connectivity index (χ0v) is 20.9. The molecule has 1 N–H and O–H groups in total. The summed E-state index contributed by atoms with van der Waals surface area (Å²) in [5, 5.41) is 2.79. The highest BCUT2D eigenvalue weighted by atomic mass is 19.3. The summed E-state index contributed by atoms with van der Waals surface area (Å²) in [6.07, 6.45) is 7.16. The van der Waals surface area contributed by atoms with E-state index in [1.54, 1.807) is 29.4 Å². The Labute approximate surface area is 217 Å². The molecule has 0 saturated carbocycles. The normalized spacial score (nSPS) is 13.9. The van der Waals surface area contributed by atoms with Crippen LogP contribution in [-0.4, -0.2) is 51.5 Å². The molecule has 4 aromatic rings. The molecule has 2 aromatic carbocycles. The molecule has 1 aliphatic rings. The first-order valence-electron chi connectivity index (χ1n) is 12.0. The molecule has 0 unspecified atom stereocenters. The Bertz CT molecular complexity index is 1530. The second-order valence-corrected chi connectivity index (χ2v) is 9.38. The minimum absolute atomic E-state index is 0.329. The summed E-state index contributed by atoms with van der Waals surface area (Å²) in [6.45, 7) is -0.276. The van der Waals surface area contributed by atoms with Gasteiger partial charge in [-0.15, -0.1) is 0 Å². The van der Waals surface area contributed by atoms with Crippen LogP contribution in [0.3, 0.4) is 0 Å². The fraction of sp³-hybridized carbons (Fsp3) is 0.250. The summed E-state index contributed by atoms with van der Waals surface area (Å²) in [5.74, 6) is -3.86. The summed E-state index contributed by atoms with van der Waals surface area (Å²) >= 11 is 0. The van der Waals surface area contributed by atoms with Crippen molar-refractivity contribution in [3.63, 3.8) is 0 Å². The lowest BCUT2D eigenvalue weighted by Gasteiger charge is -2.22. The van der Waals surface area contributed by atoms with Crippen LogP contribution in [0, 0.1) is 5.82 Å². The van der Waals surface area contributed by atoms with Crippen LogP contribution in [0.2, 0.25) is 0 Å². The van der Waals surface area contributed by atoms with E-state index < -0.39 is 30.8 Å². The number of aryl methyl sites for hydroxylation is 1. The van der Waals surface area contributed by atoms with Gasteiger partial charge in [-0.2, -0.15) is 0 Å². The van der Waals surface area contributed by atoms with Crippen LogP contribution in [0.1, 0.15) is 16.7 Å². The van der Waals surface area contributed by atoms with E-state index in [0.29, 0.717) is 35.5 Å². The van der Waals surface area contributed by atoms with Crippen molar-refractivity contribution in [2.75, 3.05) is 25.6 Å². The molecular formula is C28H26F3N5O2. The lowest BCUT2D eigenvalue weighted by molar-refractivity contribution is -0.111. The number of carbonyl (C=O) groups excluding carboxylic acids is 1. The van der Waals surface area contributed by atoms with Crippen molar-refractivity contribution in [2.45, 2.75) is 19.0 Å². The number of anilines is 1. The van der Waals surface area contributed by atoms with Gasteiger partial charge in [0.2, 0.25) is 5.91 Å². The van der Waals surface area contributed by atoms with Gasteiger partial charge in [0, 0.05) is 56.3 Å². The minimum atomic E-state index is -2.94. The summed E-state index contributed by atoms with van der Waals surface area (Å²) in [4.78, 5) is 22.6. The monoisotopic (exact) mass is 521 g/mol. The largest absolute Gasteiger partial charge is 0.378 e. The Balaban J connectivity index is 1.30. The Morgan fingerprint density at radius 1 is 1.16 bits per heavy atom. The number of hydrogen-bond donors (Lipinski definition) is 1. The number of nitrogens with one attached hydrogen (secondary N) is 1. The van der Waals surface area contributed by atoms with Crippen LogP contribution in [0.25, 0.3) is 28.2 Å². The quantitative estimate of drug-likeness (QED) is 0.330. The maximum absolute atomic E-state index is 14.9. The van der Waals surface area contributed by atoms with Crippen molar-refractivity contribution in [3.8, 4) is 11.1 Å². The number of nitrogens with zero attached hydrogens (tertiary/aromatic N) is 4. The van der Waals surface area contributed by atoms with Gasteiger partial charge in [0.1, 0.15) is 12.4 Å². The summed E-state index contributed by atoms with van der Waals surface area (Å²) < 4.78 is 49.2. The minimum Gasteiger partial charge on any atom is -0.378 e. The highest BCUT2D eigenvalue weighted by Crippen LogP contribution is 2.31. The lowest BCUT2D eigenvalue weighted by Crippen LogP contribution is -2.37. The van der Waals surface area contributed by atoms with E-state index in [-0.39, 0.29) is 0 Å². The Morgan fingerprint density at radius 2 is 1.97 bits per heavy atom. The number of pyridine rings is 1. The number of alkyl halides is 2. The first-order valence-corrected chi connectivity index (χ1v) is 12.0. The van der Waals surface area contributed by atoms with Crippen molar-refractivity contribution in [1.82, 2.24) is 19.4 Å². The number of hydrogen-bond acceptors (Lipinski definition) is 5. The number of amides is 1. The molecule has 10 heteroatoms. The Kier molecular flexibility index (Phi) is 7.00. The van der Waals surface area contributed by atoms with Gasteiger partial charge in [0.05, 0.1) is 30.1 Å². The molecule has 0 spiro atoms. The predicted octanol–water partition coefficient (Wildman–Crippen LogP) is 5.02. The van der Waals surface area contributed by atoms with E-state index in [1.165, 1.54) is 25.5 Å². The van der Waals surface area contributed by atoms with Crippen LogP contribution >= 0.6 is 0 Å². The van der Waals surface area contributed by atoms with Crippen LogP contribution < -0.4 is 5.32 Å². The van der Waals surface area contributed by atoms with Crippen LogP contribution in [-0.2, 0) is 29.7 Å². The molecule has 0 radical (unpaired) electrons. The van der Waals surface area contributed by atoms with Crippen molar-refractivity contribution >= 4 is 28.7 Å². The molecule has 7 nitrogen and oxygen atoms in total. The fourth-order valence-corrected chi connectivity index (χ4v) is 4.75. The van der Waals surface area contributed by atoms with Crippen LogP contribution in [0.5, 0.6) is 0 Å². The molecule has 2 aromatic heterocycles. The molecule has 0 fully saturated rings. The number of fused-ring (bicyclic) bond motifs is 2. The Hall–Kier alpha value is -4.02. The lowest BCUT2D eigenvalue weighted by atomic mass is 10.00. The van der Waals surface area contributed by atoms with E-state index in [9.17, 15) is 18.0 Å². The van der Waals surface area contributed by atoms with Crippen molar-refractivity contribution in [1.29, 1.82) is 0 Å². The highest BCUT2D eigenvalue weighted by Gasteiger charge is 2.34. The summed E-state index contributed by atoms with van der Waals surface area (Å²) in [5.41, 5.74) is 5.42. The number of aromatic nitrogens is 3. The first-order chi connectivity index (χ1) is 18.2. The van der Waals surface area contributed by atoms with Crippen molar-refractivity contribution in [3.05, 3.63) is 83.7 Å². The highest BCUT2D eigenvalue weighted by molar-refractivity contribution is 6.02. The third-order valence-corrected chi connectivity index (χ3v) is 6.43. The molecule has 0 atom stereocenters. The molecule has 0 aliphatic carbocycles. The molecule has 3 heterocycles. The Morgan fingerprint density at radius 3 is 2.79 bits per heavy atom. The zero-order valence-electron chi connectivity index (χ0n) is 20.9. The van der Waals surface area contributed by atoms with Gasteiger partial charge < -0.3 is 14.6 Å². The molecule has 1 aliphatic heterocycles. The fourth-order valence-electron chi connectivity index (χ4n) is 4.75. The van der Waals surface area contributed by atoms with E-state index in [1.807, 2.05) is 29.8 Å². The second-order valence-electron chi connectivity index (χ2n) is 9.38. The van der Waals surface area contributed by atoms with Crippen LogP contribution in [0.15, 0.2) is 61.2 Å². The van der Waals surface area contributed by atoms with Crippen molar-refractivity contribution < 1.29 is 22.7 Å². The van der Waals surface area contributed by atoms with E-state index in [0.717, 1.165) is 28.4 Å². The average Bonchev–Trinajstić information content (AvgIpc) is 3.44. The smallest absolute Gasteiger partial charge is 0.283 e. The predicted molar refractivity (Wildman–Crippen MR) is 139 cm³/mol. The van der Waals surface area contributed by atoms with Gasteiger partial charge in [-0.3, -0.25) is 14.7 Å². The van der Waals surface area contributed by atoms with Gasteiger partial charge >= 0.3 is 0 Å². The zero-order chi connectivity index (χ0) is 26.9. The standard InChI is InChI=1S/C28H26F3N5O2/c1-35-17-33-24-7-4-18(10-25(24)35)27-19(11-32-12-23(27)29)5-8-26(37)34-22-6-3-20-13-36(14-21(20)9-22)15-28(30,31)16-38-2/h3-12,17H,13-16H2,1-2H3,(H,34,37)/b8-5+. The number of carbonyl (C=O) groups is 1.